The van der Waals surface area contributed by atoms with E-state index in [1.165, 1.54) is 5.56 Å². The molecule has 0 fully saturated rings. The number of nitrogens with zero attached hydrogens (tertiary/aromatic N) is 3. The Balaban J connectivity index is 1.67. The van der Waals surface area contributed by atoms with Crippen LogP contribution < -0.4 is 10.0 Å². The zero-order valence-corrected chi connectivity index (χ0v) is 15.6. The molecule has 0 spiro atoms. The summed E-state index contributed by atoms with van der Waals surface area (Å²) in [4.78, 5) is 0.126. The van der Waals surface area contributed by atoms with Crippen molar-refractivity contribution in [2.45, 2.75) is 32.2 Å². The van der Waals surface area contributed by atoms with Gasteiger partial charge in [-0.1, -0.05) is 29.8 Å². The molecule has 0 aliphatic rings. The smallest absolute Gasteiger partial charge is 0.266 e. The third-order valence-electron chi connectivity index (χ3n) is 3.83. The lowest BCUT2D eigenvalue weighted by Gasteiger charge is -2.08. The van der Waals surface area contributed by atoms with Crippen molar-refractivity contribution in [1.29, 1.82) is 0 Å². The number of H-pyrrole nitrogens is 1. The number of anilines is 2. The molecule has 3 N–H and O–H groups in total. The minimum absolute atomic E-state index is 0.126. The molecule has 0 saturated heterocycles. The van der Waals surface area contributed by atoms with Gasteiger partial charge in [-0.3, -0.25) is 9.82 Å². The van der Waals surface area contributed by atoms with Gasteiger partial charge in [0.2, 0.25) is 0 Å². The van der Waals surface area contributed by atoms with Crippen molar-refractivity contribution in [3.05, 3.63) is 58.9 Å². The first kappa shape index (κ1) is 17.9. The summed E-state index contributed by atoms with van der Waals surface area (Å²) in [5, 5.41) is 17.7. The molecule has 2 heterocycles. The fourth-order valence-electron chi connectivity index (χ4n) is 2.50. The minimum atomic E-state index is -3.77. The van der Waals surface area contributed by atoms with Gasteiger partial charge in [-0.25, -0.2) is 8.42 Å². The van der Waals surface area contributed by atoms with E-state index in [9.17, 15) is 8.42 Å². The van der Waals surface area contributed by atoms with Crippen molar-refractivity contribution >= 4 is 21.7 Å². The molecule has 3 rings (SSSR count). The van der Waals surface area contributed by atoms with Gasteiger partial charge in [0, 0.05) is 6.54 Å². The third-order valence-corrected chi connectivity index (χ3v) is 5.44. The zero-order valence-electron chi connectivity index (χ0n) is 14.7. The van der Waals surface area contributed by atoms with Crippen molar-refractivity contribution in [2.24, 2.45) is 0 Å². The quantitative estimate of drug-likeness (QED) is 0.613. The van der Waals surface area contributed by atoms with E-state index in [1.807, 2.05) is 31.2 Å². The predicted octanol–water partition coefficient (Wildman–Crippen LogP) is 2.54. The summed E-state index contributed by atoms with van der Waals surface area (Å²) >= 11 is 0. The topological polar surface area (TPSA) is 113 Å². The number of nitrogens with one attached hydrogen (secondary N) is 3. The standard InChI is InChI=1S/C17H20N6O2S/c1-11-4-6-14(7-5-11)10-18-15-8-9-16(22-21-15)23-26(24,25)17-12(2)19-20-13(17)3/h4-9H,10H2,1-3H3,(H,18,21)(H,19,20)(H,22,23). The normalized spacial score (nSPS) is 11.3. The van der Waals surface area contributed by atoms with Gasteiger partial charge < -0.3 is 5.32 Å². The Morgan fingerprint density at radius 2 is 1.62 bits per heavy atom. The van der Waals surface area contributed by atoms with Gasteiger partial charge in [0.25, 0.3) is 10.0 Å². The second kappa shape index (κ2) is 7.12. The van der Waals surface area contributed by atoms with Gasteiger partial charge in [0.05, 0.1) is 11.4 Å². The van der Waals surface area contributed by atoms with E-state index in [-0.39, 0.29) is 10.7 Å². The van der Waals surface area contributed by atoms with Gasteiger partial charge in [0.15, 0.2) is 5.82 Å². The first-order valence-electron chi connectivity index (χ1n) is 8.03. The summed E-state index contributed by atoms with van der Waals surface area (Å²) in [5.41, 5.74) is 3.19. The van der Waals surface area contributed by atoms with Crippen molar-refractivity contribution in [1.82, 2.24) is 20.4 Å². The molecule has 0 aliphatic heterocycles. The maximum atomic E-state index is 12.5. The van der Waals surface area contributed by atoms with E-state index in [0.717, 1.165) is 5.56 Å². The Kier molecular flexibility index (Phi) is 4.90. The van der Waals surface area contributed by atoms with Gasteiger partial charge in [-0.15, -0.1) is 10.2 Å². The molecular formula is C17H20N6O2S. The van der Waals surface area contributed by atoms with Gasteiger partial charge in [-0.05, 0) is 38.5 Å². The predicted molar refractivity (Wildman–Crippen MR) is 99.4 cm³/mol. The molecule has 0 atom stereocenters. The van der Waals surface area contributed by atoms with Gasteiger partial charge in [-0.2, -0.15) is 5.10 Å². The van der Waals surface area contributed by atoms with Crippen LogP contribution in [0.2, 0.25) is 0 Å². The number of hydrogen-bond acceptors (Lipinski definition) is 6. The molecule has 3 aromatic rings. The van der Waals surface area contributed by atoms with E-state index >= 15 is 0 Å². The molecule has 2 aromatic heterocycles. The summed E-state index contributed by atoms with van der Waals surface area (Å²) in [7, 11) is -3.77. The number of hydrogen-bond donors (Lipinski definition) is 3. The maximum Gasteiger partial charge on any atom is 0.266 e. The largest absolute Gasteiger partial charge is 0.365 e. The van der Waals surface area contributed by atoms with Crippen LogP contribution >= 0.6 is 0 Å². The molecule has 8 nitrogen and oxygen atoms in total. The first-order chi connectivity index (χ1) is 12.3. The first-order valence-corrected chi connectivity index (χ1v) is 9.51. The lowest BCUT2D eigenvalue weighted by molar-refractivity contribution is 0.600. The third kappa shape index (κ3) is 3.99. The lowest BCUT2D eigenvalue weighted by atomic mass is 10.1. The summed E-state index contributed by atoms with van der Waals surface area (Å²) in [6.07, 6.45) is 0. The van der Waals surface area contributed by atoms with E-state index in [4.69, 9.17) is 0 Å². The zero-order chi connectivity index (χ0) is 18.7. The van der Waals surface area contributed by atoms with E-state index in [0.29, 0.717) is 23.8 Å². The summed E-state index contributed by atoms with van der Waals surface area (Å²) in [6.45, 7) is 5.92. The molecule has 26 heavy (non-hydrogen) atoms. The van der Waals surface area contributed by atoms with E-state index in [1.54, 1.807) is 26.0 Å². The summed E-state index contributed by atoms with van der Waals surface area (Å²) in [5.74, 6) is 0.704. The van der Waals surface area contributed by atoms with Crippen LogP contribution in [0.3, 0.4) is 0 Å². The highest BCUT2D eigenvalue weighted by atomic mass is 32.2. The Morgan fingerprint density at radius 1 is 0.962 bits per heavy atom. The highest BCUT2D eigenvalue weighted by molar-refractivity contribution is 7.92. The van der Waals surface area contributed by atoms with Crippen LogP contribution in [0.25, 0.3) is 0 Å². The van der Waals surface area contributed by atoms with E-state index in [2.05, 4.69) is 30.4 Å². The molecule has 0 bridgehead atoms. The molecular weight excluding hydrogens is 352 g/mol. The molecule has 0 radical (unpaired) electrons. The van der Waals surface area contributed by atoms with Crippen LogP contribution in [0, 0.1) is 20.8 Å². The number of aromatic amines is 1. The molecule has 136 valence electrons. The fourth-order valence-corrected chi connectivity index (χ4v) is 3.87. The van der Waals surface area contributed by atoms with Crippen LogP contribution in [-0.2, 0) is 16.6 Å². The highest BCUT2D eigenvalue weighted by Crippen LogP contribution is 2.20. The second-order valence-electron chi connectivity index (χ2n) is 6.01. The molecule has 1 aromatic carbocycles. The van der Waals surface area contributed by atoms with Crippen molar-refractivity contribution in [2.75, 3.05) is 10.0 Å². The Hall–Kier alpha value is -2.94. The number of sulfonamides is 1. The Bertz CT molecular complexity index is 975. The minimum Gasteiger partial charge on any atom is -0.365 e. The molecule has 0 saturated carbocycles. The van der Waals surface area contributed by atoms with Crippen molar-refractivity contribution < 1.29 is 8.42 Å². The van der Waals surface area contributed by atoms with Crippen LogP contribution in [0.1, 0.15) is 22.5 Å². The number of benzene rings is 1. The molecule has 9 heteroatoms. The van der Waals surface area contributed by atoms with Crippen molar-refractivity contribution in [3.8, 4) is 0 Å². The Morgan fingerprint density at radius 3 is 2.19 bits per heavy atom. The summed E-state index contributed by atoms with van der Waals surface area (Å²) in [6, 6.07) is 11.4. The fraction of sp³-hybridized carbons (Fsp3) is 0.235. The lowest BCUT2D eigenvalue weighted by Crippen LogP contribution is -2.16. The maximum absolute atomic E-state index is 12.5. The van der Waals surface area contributed by atoms with Crippen LogP contribution in [0.5, 0.6) is 0 Å². The number of aryl methyl sites for hydroxylation is 3. The van der Waals surface area contributed by atoms with Crippen LogP contribution in [0.4, 0.5) is 11.6 Å². The van der Waals surface area contributed by atoms with Gasteiger partial charge in [0.1, 0.15) is 10.7 Å². The molecule has 0 amide bonds. The number of rotatable bonds is 6. The van der Waals surface area contributed by atoms with Crippen LogP contribution in [-0.4, -0.2) is 28.8 Å². The Labute approximate surface area is 152 Å². The van der Waals surface area contributed by atoms with Crippen LogP contribution in [0.15, 0.2) is 41.3 Å². The molecule has 0 unspecified atom stereocenters. The van der Waals surface area contributed by atoms with E-state index < -0.39 is 10.0 Å². The monoisotopic (exact) mass is 372 g/mol. The number of aromatic nitrogens is 4. The van der Waals surface area contributed by atoms with Crippen molar-refractivity contribution in [3.63, 3.8) is 0 Å². The average Bonchev–Trinajstić information content (AvgIpc) is 2.95. The SMILES string of the molecule is Cc1ccc(CNc2ccc(NS(=O)(=O)c3c(C)n[nH]c3C)nn2)cc1. The highest BCUT2D eigenvalue weighted by Gasteiger charge is 2.22. The van der Waals surface area contributed by atoms with Gasteiger partial charge >= 0.3 is 0 Å². The second-order valence-corrected chi connectivity index (χ2v) is 7.63. The summed E-state index contributed by atoms with van der Waals surface area (Å²) < 4.78 is 27.4. The molecule has 0 aliphatic carbocycles. The average molecular weight is 372 g/mol.